The quantitative estimate of drug-likeness (QED) is 0.456. The number of anilines is 1. The maximum absolute atomic E-state index is 11.3. The van der Waals surface area contributed by atoms with E-state index in [2.05, 4.69) is 15.4 Å². The predicted octanol–water partition coefficient (Wildman–Crippen LogP) is 2.19. The normalized spacial score (nSPS) is 11.0. The van der Waals surface area contributed by atoms with Crippen molar-refractivity contribution in [2.24, 2.45) is 0 Å². The van der Waals surface area contributed by atoms with Crippen LogP contribution in [-0.4, -0.2) is 14.6 Å². The second-order valence-electron chi connectivity index (χ2n) is 4.65. The van der Waals surface area contributed by atoms with E-state index in [1.54, 1.807) is 22.8 Å². The van der Waals surface area contributed by atoms with Crippen LogP contribution in [0.2, 0.25) is 5.15 Å². The monoisotopic (exact) mass is 303 g/mol. The highest BCUT2D eigenvalue weighted by atomic mass is 35.5. The Morgan fingerprint density at radius 3 is 3.10 bits per heavy atom. The molecule has 21 heavy (non-hydrogen) atoms. The van der Waals surface area contributed by atoms with Gasteiger partial charge in [0.1, 0.15) is 11.0 Å². The molecule has 0 aliphatic rings. The molecule has 0 unspecified atom stereocenters. The Kier molecular flexibility index (Phi) is 3.62. The largest absolute Gasteiger partial charge is 0.619 e. The zero-order valence-corrected chi connectivity index (χ0v) is 12.2. The fourth-order valence-corrected chi connectivity index (χ4v) is 2.34. The first-order valence-electron chi connectivity index (χ1n) is 6.62. The maximum Gasteiger partial charge on any atom is 0.185 e. The lowest BCUT2D eigenvalue weighted by Gasteiger charge is -2.09. The Bertz CT molecular complexity index is 786. The van der Waals surface area contributed by atoms with E-state index in [4.69, 9.17) is 11.6 Å². The van der Waals surface area contributed by atoms with Crippen molar-refractivity contribution >= 4 is 23.1 Å². The molecule has 0 bridgehead atoms. The Balaban J connectivity index is 1.91. The minimum atomic E-state index is 0.409. The molecule has 0 aromatic carbocycles. The van der Waals surface area contributed by atoms with Crippen LogP contribution < -0.4 is 10.0 Å². The minimum absolute atomic E-state index is 0.409. The number of nitrogens with one attached hydrogen (secondary N) is 1. The lowest BCUT2D eigenvalue weighted by molar-refractivity contribution is -0.605. The molecule has 1 N–H and O–H groups in total. The van der Waals surface area contributed by atoms with E-state index in [1.165, 1.54) is 12.4 Å². The van der Waals surface area contributed by atoms with Crippen molar-refractivity contribution in [1.29, 1.82) is 0 Å². The van der Waals surface area contributed by atoms with Gasteiger partial charge >= 0.3 is 0 Å². The Morgan fingerprint density at radius 1 is 1.48 bits per heavy atom. The fourth-order valence-electron chi connectivity index (χ4n) is 2.15. The number of hydrogen-bond donors (Lipinski definition) is 1. The van der Waals surface area contributed by atoms with Gasteiger partial charge in [-0.25, -0.2) is 4.98 Å². The van der Waals surface area contributed by atoms with Crippen LogP contribution in [0.3, 0.4) is 0 Å². The van der Waals surface area contributed by atoms with Crippen LogP contribution in [0, 0.1) is 5.21 Å². The Hall–Kier alpha value is -2.34. The molecule has 7 heteroatoms. The molecule has 0 radical (unpaired) electrons. The highest BCUT2D eigenvalue weighted by Gasteiger charge is 2.10. The Morgan fingerprint density at radius 2 is 2.33 bits per heavy atom. The molecular formula is C14H14ClN5O. The number of halogens is 1. The number of pyridine rings is 1. The van der Waals surface area contributed by atoms with Crippen LogP contribution >= 0.6 is 11.6 Å². The summed E-state index contributed by atoms with van der Waals surface area (Å²) >= 11 is 6.07. The number of rotatable bonds is 4. The maximum atomic E-state index is 11.3. The van der Waals surface area contributed by atoms with Gasteiger partial charge in [-0.15, -0.1) is 0 Å². The van der Waals surface area contributed by atoms with Crippen molar-refractivity contribution in [3.8, 4) is 0 Å². The number of fused-ring (bicyclic) bond motifs is 1. The van der Waals surface area contributed by atoms with Crippen molar-refractivity contribution in [2.75, 3.05) is 5.32 Å². The van der Waals surface area contributed by atoms with Crippen LogP contribution in [0.5, 0.6) is 0 Å². The lowest BCUT2D eigenvalue weighted by atomic mass is 10.3. The highest BCUT2D eigenvalue weighted by Crippen LogP contribution is 2.19. The van der Waals surface area contributed by atoms with Gasteiger partial charge in [0.05, 0.1) is 6.20 Å². The van der Waals surface area contributed by atoms with Crippen molar-refractivity contribution in [3.63, 3.8) is 0 Å². The second kappa shape index (κ2) is 5.57. The molecule has 0 aliphatic heterocycles. The van der Waals surface area contributed by atoms with Gasteiger partial charge in [0, 0.05) is 29.8 Å². The number of nitrogens with zero attached hydrogens (tertiary/aromatic N) is 4. The van der Waals surface area contributed by atoms with Crippen molar-refractivity contribution < 1.29 is 4.73 Å². The molecule has 3 rings (SSSR count). The zero-order valence-electron chi connectivity index (χ0n) is 11.5. The molecule has 108 valence electrons. The predicted molar refractivity (Wildman–Crippen MR) is 80.1 cm³/mol. The standard InChI is InChI=1S/C14H14ClN5O/c1-2-11-8-17-20-13(6-12(15)18-14(11)20)16-7-10-4-3-5-19(21)9-10/h3-6,8-9,16H,2,7H2,1H3. The minimum Gasteiger partial charge on any atom is -0.619 e. The molecule has 0 amide bonds. The van der Waals surface area contributed by atoms with Crippen LogP contribution in [-0.2, 0) is 13.0 Å². The average Bonchev–Trinajstić information content (AvgIpc) is 2.87. The summed E-state index contributed by atoms with van der Waals surface area (Å²) in [5, 5.41) is 19.2. The summed E-state index contributed by atoms with van der Waals surface area (Å²) in [7, 11) is 0. The van der Waals surface area contributed by atoms with Crippen molar-refractivity contribution in [2.45, 2.75) is 19.9 Å². The molecule has 0 saturated heterocycles. The molecule has 0 fully saturated rings. The molecule has 3 heterocycles. The van der Waals surface area contributed by atoms with Gasteiger partial charge in [-0.3, -0.25) is 0 Å². The number of aromatic nitrogens is 4. The first-order valence-corrected chi connectivity index (χ1v) is 7.00. The summed E-state index contributed by atoms with van der Waals surface area (Å²) in [6, 6.07) is 5.30. The number of aryl methyl sites for hydroxylation is 1. The van der Waals surface area contributed by atoms with Crippen LogP contribution in [0.25, 0.3) is 5.65 Å². The fraction of sp³-hybridized carbons (Fsp3) is 0.214. The topological polar surface area (TPSA) is 69.2 Å². The van der Waals surface area contributed by atoms with Gasteiger partial charge in [0.25, 0.3) is 0 Å². The molecule has 3 aromatic heterocycles. The summed E-state index contributed by atoms with van der Waals surface area (Å²) < 4.78 is 2.49. The van der Waals surface area contributed by atoms with Gasteiger partial charge < -0.3 is 10.5 Å². The van der Waals surface area contributed by atoms with Gasteiger partial charge in [-0.05, 0) is 12.5 Å². The number of hydrogen-bond acceptors (Lipinski definition) is 4. The zero-order chi connectivity index (χ0) is 14.8. The van der Waals surface area contributed by atoms with E-state index in [9.17, 15) is 5.21 Å². The summed E-state index contributed by atoms with van der Waals surface area (Å²) in [4.78, 5) is 4.31. The average molecular weight is 304 g/mol. The lowest BCUT2D eigenvalue weighted by Crippen LogP contribution is -2.25. The molecule has 6 nitrogen and oxygen atoms in total. The molecule has 0 aliphatic carbocycles. The summed E-state index contributed by atoms with van der Waals surface area (Å²) in [5.74, 6) is 0.742. The second-order valence-corrected chi connectivity index (χ2v) is 5.04. The third-order valence-electron chi connectivity index (χ3n) is 3.20. The van der Waals surface area contributed by atoms with Gasteiger partial charge in [-0.2, -0.15) is 14.3 Å². The summed E-state index contributed by atoms with van der Waals surface area (Å²) in [6.45, 7) is 2.55. The van der Waals surface area contributed by atoms with E-state index < -0.39 is 0 Å². The van der Waals surface area contributed by atoms with E-state index in [0.29, 0.717) is 11.7 Å². The molecular weight excluding hydrogens is 290 g/mol. The molecule has 0 atom stereocenters. The SMILES string of the molecule is CCc1cnn2c(NCc3ccc[n+]([O-])c3)cc(Cl)nc12. The molecule has 0 saturated carbocycles. The third-order valence-corrected chi connectivity index (χ3v) is 3.40. The Labute approximate surface area is 126 Å². The van der Waals surface area contributed by atoms with E-state index in [0.717, 1.165) is 33.7 Å². The van der Waals surface area contributed by atoms with Gasteiger partial charge in [-0.1, -0.05) is 18.5 Å². The molecule has 0 spiro atoms. The van der Waals surface area contributed by atoms with E-state index in [1.807, 2.05) is 13.0 Å². The summed E-state index contributed by atoms with van der Waals surface area (Å²) in [6.07, 6.45) is 5.60. The first-order chi connectivity index (χ1) is 10.2. The van der Waals surface area contributed by atoms with Gasteiger partial charge in [0.15, 0.2) is 18.0 Å². The van der Waals surface area contributed by atoms with Crippen molar-refractivity contribution in [3.05, 3.63) is 58.3 Å². The van der Waals surface area contributed by atoms with Crippen LogP contribution in [0.1, 0.15) is 18.1 Å². The first kappa shape index (κ1) is 13.6. The highest BCUT2D eigenvalue weighted by molar-refractivity contribution is 6.29. The van der Waals surface area contributed by atoms with Crippen LogP contribution in [0.15, 0.2) is 36.8 Å². The summed E-state index contributed by atoms with van der Waals surface area (Å²) in [5.41, 5.74) is 2.66. The molecule has 3 aromatic rings. The third kappa shape index (κ3) is 2.75. The van der Waals surface area contributed by atoms with E-state index >= 15 is 0 Å². The van der Waals surface area contributed by atoms with Gasteiger partial charge in [0.2, 0.25) is 0 Å². The smallest absolute Gasteiger partial charge is 0.185 e. The van der Waals surface area contributed by atoms with Crippen LogP contribution in [0.4, 0.5) is 5.82 Å². The van der Waals surface area contributed by atoms with Crippen molar-refractivity contribution in [1.82, 2.24) is 14.6 Å². The van der Waals surface area contributed by atoms with E-state index in [-0.39, 0.29) is 0 Å².